The standard InChI is InChI=1S/C15H23NO2/c1-15(2,3)10-8-11(12-6-5-7-16-12)14(18-4)13(17)9-10/h8-9,12,16-17H,5-7H2,1-4H3. The summed E-state index contributed by atoms with van der Waals surface area (Å²) in [5, 5.41) is 13.6. The predicted octanol–water partition coefficient (Wildman–Crippen LogP) is 3.12. The third-order valence-electron chi connectivity index (χ3n) is 3.60. The van der Waals surface area contributed by atoms with Gasteiger partial charge in [-0.2, -0.15) is 0 Å². The minimum atomic E-state index is 0.0249. The molecule has 1 aliphatic rings. The van der Waals surface area contributed by atoms with Gasteiger partial charge in [0.1, 0.15) is 0 Å². The minimum Gasteiger partial charge on any atom is -0.504 e. The van der Waals surface area contributed by atoms with Gasteiger partial charge in [-0.05, 0) is 42.5 Å². The molecule has 0 amide bonds. The van der Waals surface area contributed by atoms with E-state index >= 15 is 0 Å². The van der Waals surface area contributed by atoms with E-state index in [4.69, 9.17) is 4.74 Å². The highest BCUT2D eigenvalue weighted by Crippen LogP contribution is 2.40. The molecule has 0 saturated carbocycles. The number of methoxy groups -OCH3 is 1. The van der Waals surface area contributed by atoms with Crippen molar-refractivity contribution < 1.29 is 9.84 Å². The van der Waals surface area contributed by atoms with Crippen molar-refractivity contribution in [1.29, 1.82) is 0 Å². The molecule has 3 heteroatoms. The summed E-state index contributed by atoms with van der Waals surface area (Å²) < 4.78 is 5.37. The fourth-order valence-corrected chi connectivity index (χ4v) is 2.50. The van der Waals surface area contributed by atoms with E-state index in [2.05, 4.69) is 32.2 Å². The zero-order valence-corrected chi connectivity index (χ0v) is 11.7. The highest BCUT2D eigenvalue weighted by atomic mass is 16.5. The van der Waals surface area contributed by atoms with Crippen LogP contribution in [0.25, 0.3) is 0 Å². The molecule has 0 aliphatic carbocycles. The van der Waals surface area contributed by atoms with Gasteiger partial charge >= 0.3 is 0 Å². The first-order chi connectivity index (χ1) is 8.43. The Hall–Kier alpha value is -1.22. The molecule has 1 unspecified atom stereocenters. The van der Waals surface area contributed by atoms with Crippen LogP contribution in [-0.2, 0) is 5.41 Å². The highest BCUT2D eigenvalue weighted by molar-refractivity contribution is 5.51. The molecule has 0 radical (unpaired) electrons. The summed E-state index contributed by atoms with van der Waals surface area (Å²) in [5.41, 5.74) is 2.25. The van der Waals surface area contributed by atoms with Crippen LogP contribution in [0.3, 0.4) is 0 Å². The van der Waals surface area contributed by atoms with E-state index in [0.29, 0.717) is 11.8 Å². The highest BCUT2D eigenvalue weighted by Gasteiger charge is 2.25. The normalized spacial score (nSPS) is 20.1. The SMILES string of the molecule is COc1c(O)cc(C(C)(C)C)cc1C1CCCN1. The van der Waals surface area contributed by atoms with E-state index in [-0.39, 0.29) is 11.2 Å². The minimum absolute atomic E-state index is 0.0249. The number of hydrogen-bond acceptors (Lipinski definition) is 3. The van der Waals surface area contributed by atoms with E-state index in [0.717, 1.165) is 24.1 Å². The van der Waals surface area contributed by atoms with E-state index in [1.165, 1.54) is 6.42 Å². The summed E-state index contributed by atoms with van der Waals surface area (Å²) in [4.78, 5) is 0. The maximum atomic E-state index is 10.1. The first-order valence-corrected chi connectivity index (χ1v) is 6.58. The molecule has 1 atom stereocenters. The van der Waals surface area contributed by atoms with Crippen molar-refractivity contribution in [2.75, 3.05) is 13.7 Å². The molecule has 0 aromatic heterocycles. The summed E-state index contributed by atoms with van der Waals surface area (Å²) in [6, 6.07) is 4.28. The molecule has 1 heterocycles. The van der Waals surface area contributed by atoms with Crippen LogP contribution in [0.2, 0.25) is 0 Å². The van der Waals surface area contributed by atoms with Gasteiger partial charge in [0.05, 0.1) is 7.11 Å². The lowest BCUT2D eigenvalue weighted by molar-refractivity contribution is 0.363. The lowest BCUT2D eigenvalue weighted by atomic mass is 9.84. The van der Waals surface area contributed by atoms with Crippen LogP contribution in [0, 0.1) is 0 Å². The Morgan fingerprint density at radius 1 is 1.33 bits per heavy atom. The second kappa shape index (κ2) is 4.81. The van der Waals surface area contributed by atoms with E-state index in [1.54, 1.807) is 7.11 Å². The average molecular weight is 249 g/mol. The van der Waals surface area contributed by atoms with Gasteiger partial charge in [-0.25, -0.2) is 0 Å². The molecule has 0 spiro atoms. The number of ether oxygens (including phenoxy) is 1. The number of nitrogens with one attached hydrogen (secondary N) is 1. The van der Waals surface area contributed by atoms with Crippen LogP contribution >= 0.6 is 0 Å². The first-order valence-electron chi connectivity index (χ1n) is 6.58. The smallest absolute Gasteiger partial charge is 0.165 e. The van der Waals surface area contributed by atoms with E-state index < -0.39 is 0 Å². The fraction of sp³-hybridized carbons (Fsp3) is 0.600. The van der Waals surface area contributed by atoms with Gasteiger partial charge in [0.25, 0.3) is 0 Å². The third-order valence-corrected chi connectivity index (χ3v) is 3.60. The van der Waals surface area contributed by atoms with Crippen molar-refractivity contribution in [3.05, 3.63) is 23.3 Å². The summed E-state index contributed by atoms with van der Waals surface area (Å²) >= 11 is 0. The molecule has 18 heavy (non-hydrogen) atoms. The number of benzene rings is 1. The Morgan fingerprint density at radius 3 is 2.56 bits per heavy atom. The molecule has 2 N–H and O–H groups in total. The number of phenols is 1. The van der Waals surface area contributed by atoms with Gasteiger partial charge in [-0.1, -0.05) is 20.8 Å². The van der Waals surface area contributed by atoms with Crippen LogP contribution in [0.5, 0.6) is 11.5 Å². The molecule has 1 aromatic carbocycles. The molecule has 1 aliphatic heterocycles. The lowest BCUT2D eigenvalue weighted by Gasteiger charge is -2.24. The Balaban J connectivity index is 2.50. The van der Waals surface area contributed by atoms with Crippen molar-refractivity contribution in [3.8, 4) is 11.5 Å². The Morgan fingerprint density at radius 2 is 2.06 bits per heavy atom. The van der Waals surface area contributed by atoms with Gasteiger partial charge in [0, 0.05) is 11.6 Å². The Labute approximate surface area is 109 Å². The molecule has 2 rings (SSSR count). The quantitative estimate of drug-likeness (QED) is 0.846. The summed E-state index contributed by atoms with van der Waals surface area (Å²) in [7, 11) is 1.62. The van der Waals surface area contributed by atoms with E-state index in [9.17, 15) is 5.11 Å². The molecular weight excluding hydrogens is 226 g/mol. The zero-order chi connectivity index (χ0) is 13.3. The van der Waals surface area contributed by atoms with Crippen molar-refractivity contribution in [1.82, 2.24) is 5.32 Å². The largest absolute Gasteiger partial charge is 0.504 e. The second-order valence-corrected chi connectivity index (χ2v) is 6.02. The van der Waals surface area contributed by atoms with Gasteiger partial charge in [0.15, 0.2) is 11.5 Å². The number of rotatable bonds is 2. The van der Waals surface area contributed by atoms with Gasteiger partial charge in [-0.15, -0.1) is 0 Å². The first kappa shape index (κ1) is 13.2. The van der Waals surface area contributed by atoms with Gasteiger partial charge in [-0.3, -0.25) is 0 Å². The Bertz CT molecular complexity index is 429. The Kier molecular flexibility index (Phi) is 3.53. The molecule has 3 nitrogen and oxygen atoms in total. The lowest BCUT2D eigenvalue weighted by Crippen LogP contribution is -2.17. The van der Waals surface area contributed by atoms with Crippen LogP contribution in [0.15, 0.2) is 12.1 Å². The maximum absolute atomic E-state index is 10.1. The van der Waals surface area contributed by atoms with Crippen molar-refractivity contribution in [3.63, 3.8) is 0 Å². The fourth-order valence-electron chi connectivity index (χ4n) is 2.50. The molecular formula is C15H23NO2. The summed E-state index contributed by atoms with van der Waals surface area (Å²) in [6.07, 6.45) is 2.28. The predicted molar refractivity (Wildman–Crippen MR) is 73.3 cm³/mol. The van der Waals surface area contributed by atoms with Gasteiger partial charge in [0.2, 0.25) is 0 Å². The van der Waals surface area contributed by atoms with Gasteiger partial charge < -0.3 is 15.2 Å². The van der Waals surface area contributed by atoms with Crippen LogP contribution in [0.4, 0.5) is 0 Å². The maximum Gasteiger partial charge on any atom is 0.165 e. The van der Waals surface area contributed by atoms with Crippen molar-refractivity contribution >= 4 is 0 Å². The monoisotopic (exact) mass is 249 g/mol. The van der Waals surface area contributed by atoms with Crippen LogP contribution in [0.1, 0.15) is 50.8 Å². The van der Waals surface area contributed by atoms with Crippen molar-refractivity contribution in [2.24, 2.45) is 0 Å². The summed E-state index contributed by atoms with van der Waals surface area (Å²) in [6.45, 7) is 7.49. The van der Waals surface area contributed by atoms with E-state index in [1.807, 2.05) is 6.07 Å². The molecule has 0 bridgehead atoms. The number of hydrogen-bond donors (Lipinski definition) is 2. The number of phenolic OH excluding ortho intramolecular Hbond substituents is 1. The van der Waals surface area contributed by atoms with Crippen molar-refractivity contribution in [2.45, 2.75) is 45.1 Å². The molecule has 1 fully saturated rings. The molecule has 100 valence electrons. The molecule has 1 aromatic rings. The zero-order valence-electron chi connectivity index (χ0n) is 11.7. The third kappa shape index (κ3) is 2.46. The topological polar surface area (TPSA) is 41.5 Å². The molecule has 1 saturated heterocycles. The number of aromatic hydroxyl groups is 1. The van der Waals surface area contributed by atoms with Crippen LogP contribution in [-0.4, -0.2) is 18.8 Å². The average Bonchev–Trinajstić information content (AvgIpc) is 2.79. The second-order valence-electron chi connectivity index (χ2n) is 6.02. The summed E-state index contributed by atoms with van der Waals surface area (Å²) in [5.74, 6) is 0.857. The van der Waals surface area contributed by atoms with Crippen LogP contribution < -0.4 is 10.1 Å².